The number of oxazole rings is 2. The third-order valence-electron chi connectivity index (χ3n) is 2.10. The fourth-order valence-corrected chi connectivity index (χ4v) is 1.42. The number of carboxylic acid groups (broad SMARTS) is 1. The molecule has 0 fully saturated rings. The minimum absolute atomic E-state index is 0.108. The summed E-state index contributed by atoms with van der Waals surface area (Å²) in [7, 11) is 0. The summed E-state index contributed by atoms with van der Waals surface area (Å²) in [5.74, 6) is 0.124. The van der Waals surface area contributed by atoms with Crippen molar-refractivity contribution in [3.05, 3.63) is 23.0 Å². The zero-order valence-corrected chi connectivity index (χ0v) is 9.07. The third-order valence-corrected chi connectivity index (χ3v) is 2.10. The molecule has 0 radical (unpaired) electrons. The molecule has 0 amide bonds. The normalized spacial score (nSPS) is 10.7. The Morgan fingerprint density at radius 3 is 2.31 bits per heavy atom. The van der Waals surface area contributed by atoms with Crippen LogP contribution in [0.25, 0.3) is 11.7 Å². The maximum absolute atomic E-state index is 10.8. The summed E-state index contributed by atoms with van der Waals surface area (Å²) in [6.45, 7) is 4.98. The molecule has 2 heterocycles. The number of nitrogens with zero attached hydrogens (tertiary/aromatic N) is 2. The summed E-state index contributed by atoms with van der Waals surface area (Å²) >= 11 is 0. The van der Waals surface area contributed by atoms with Crippen molar-refractivity contribution in [1.82, 2.24) is 9.97 Å². The van der Waals surface area contributed by atoms with E-state index in [1.165, 1.54) is 0 Å². The van der Waals surface area contributed by atoms with Crippen molar-refractivity contribution in [2.45, 2.75) is 20.8 Å². The maximum atomic E-state index is 10.8. The fourth-order valence-electron chi connectivity index (χ4n) is 1.42. The Labute approximate surface area is 90.9 Å². The monoisotopic (exact) mass is 222 g/mol. The summed E-state index contributed by atoms with van der Waals surface area (Å²) < 4.78 is 10.5. The van der Waals surface area contributed by atoms with Crippen LogP contribution in [0.2, 0.25) is 0 Å². The largest absolute Gasteiger partial charge is 0.476 e. The molecule has 0 saturated heterocycles. The van der Waals surface area contributed by atoms with Gasteiger partial charge in [-0.3, -0.25) is 0 Å². The van der Waals surface area contributed by atoms with Crippen LogP contribution in [0, 0.1) is 20.8 Å². The van der Waals surface area contributed by atoms with Crippen LogP contribution in [-0.2, 0) is 0 Å². The highest BCUT2D eigenvalue weighted by Gasteiger charge is 2.21. The highest BCUT2D eigenvalue weighted by atomic mass is 16.4. The Morgan fingerprint density at radius 1 is 1.19 bits per heavy atom. The number of aromatic nitrogens is 2. The molecule has 0 atom stereocenters. The molecular formula is C10H10N2O4. The van der Waals surface area contributed by atoms with Crippen LogP contribution in [-0.4, -0.2) is 21.0 Å². The highest BCUT2D eigenvalue weighted by Crippen LogP contribution is 2.25. The van der Waals surface area contributed by atoms with Crippen LogP contribution in [0.4, 0.5) is 0 Å². The molecule has 0 aliphatic carbocycles. The lowest BCUT2D eigenvalue weighted by molar-refractivity contribution is 0.0689. The van der Waals surface area contributed by atoms with E-state index in [-0.39, 0.29) is 17.3 Å². The van der Waals surface area contributed by atoms with Gasteiger partial charge in [-0.05, 0) is 13.8 Å². The lowest BCUT2D eigenvalue weighted by Gasteiger charge is -1.88. The Morgan fingerprint density at radius 2 is 1.88 bits per heavy atom. The molecule has 0 bridgehead atoms. The number of rotatable bonds is 2. The van der Waals surface area contributed by atoms with Gasteiger partial charge in [0.2, 0.25) is 5.76 Å². The molecule has 0 unspecified atom stereocenters. The van der Waals surface area contributed by atoms with E-state index in [9.17, 15) is 4.79 Å². The predicted octanol–water partition coefficient (Wildman–Crippen LogP) is 1.95. The number of carboxylic acids is 1. The van der Waals surface area contributed by atoms with Crippen LogP contribution < -0.4 is 0 Å². The Kier molecular flexibility index (Phi) is 2.26. The van der Waals surface area contributed by atoms with Gasteiger partial charge in [-0.1, -0.05) is 0 Å². The number of carbonyl (C=O) groups is 1. The van der Waals surface area contributed by atoms with Crippen molar-refractivity contribution in [3.8, 4) is 11.7 Å². The van der Waals surface area contributed by atoms with Crippen LogP contribution in [0.1, 0.15) is 27.8 Å². The van der Waals surface area contributed by atoms with Gasteiger partial charge in [-0.2, -0.15) is 4.98 Å². The molecule has 16 heavy (non-hydrogen) atoms. The molecule has 0 aliphatic heterocycles. The second-order valence-electron chi connectivity index (χ2n) is 3.38. The summed E-state index contributed by atoms with van der Waals surface area (Å²) in [6, 6.07) is 0. The minimum Gasteiger partial charge on any atom is -0.476 e. The van der Waals surface area contributed by atoms with Gasteiger partial charge in [0.15, 0.2) is 11.6 Å². The zero-order valence-electron chi connectivity index (χ0n) is 9.07. The number of aryl methyl sites for hydroxylation is 3. The SMILES string of the molecule is Cc1nc(C)c(-c2nc(C(=O)O)c(C)o2)o1. The van der Waals surface area contributed by atoms with Crippen molar-refractivity contribution in [2.75, 3.05) is 0 Å². The summed E-state index contributed by atoms with van der Waals surface area (Å²) in [5, 5.41) is 8.83. The molecule has 1 N–H and O–H groups in total. The number of aromatic carboxylic acids is 1. The van der Waals surface area contributed by atoms with E-state index in [1.807, 2.05) is 0 Å². The molecule has 0 saturated carbocycles. The lowest BCUT2D eigenvalue weighted by Crippen LogP contribution is -1.98. The van der Waals surface area contributed by atoms with Crippen molar-refractivity contribution in [2.24, 2.45) is 0 Å². The molecule has 2 aromatic rings. The van der Waals surface area contributed by atoms with E-state index in [2.05, 4.69) is 9.97 Å². The standard InChI is InChI=1S/C10H10N2O4/c1-4-8(16-6(3)11-4)9-12-7(10(13)14)5(2)15-9/h1-3H3,(H,13,14). The molecule has 2 rings (SSSR count). The van der Waals surface area contributed by atoms with Gasteiger partial charge in [-0.25, -0.2) is 9.78 Å². The second-order valence-corrected chi connectivity index (χ2v) is 3.38. The lowest BCUT2D eigenvalue weighted by atomic mass is 10.3. The van der Waals surface area contributed by atoms with Crippen molar-refractivity contribution < 1.29 is 18.7 Å². The van der Waals surface area contributed by atoms with Gasteiger partial charge < -0.3 is 13.9 Å². The molecule has 6 nitrogen and oxygen atoms in total. The summed E-state index contributed by atoms with van der Waals surface area (Å²) in [5.41, 5.74) is 0.513. The second kappa shape index (κ2) is 3.48. The third kappa shape index (κ3) is 1.58. The molecule has 2 aromatic heterocycles. The predicted molar refractivity (Wildman–Crippen MR) is 53.2 cm³/mol. The topological polar surface area (TPSA) is 89.4 Å². The molecule has 0 spiro atoms. The first-order valence-electron chi connectivity index (χ1n) is 4.64. The minimum atomic E-state index is -1.12. The van der Waals surface area contributed by atoms with E-state index >= 15 is 0 Å². The first-order chi connectivity index (χ1) is 7.49. The fraction of sp³-hybridized carbons (Fsp3) is 0.300. The molecule has 6 heteroatoms. The van der Waals surface area contributed by atoms with E-state index in [4.69, 9.17) is 13.9 Å². The van der Waals surface area contributed by atoms with Crippen molar-refractivity contribution >= 4 is 5.97 Å². The smallest absolute Gasteiger partial charge is 0.358 e. The van der Waals surface area contributed by atoms with Gasteiger partial charge in [0, 0.05) is 6.92 Å². The van der Waals surface area contributed by atoms with Crippen LogP contribution in [0.5, 0.6) is 0 Å². The van der Waals surface area contributed by atoms with E-state index in [0.29, 0.717) is 17.3 Å². The van der Waals surface area contributed by atoms with Crippen LogP contribution in [0.3, 0.4) is 0 Å². The number of hydrogen-bond acceptors (Lipinski definition) is 5. The van der Waals surface area contributed by atoms with Gasteiger partial charge in [-0.15, -0.1) is 0 Å². The van der Waals surface area contributed by atoms with E-state index in [1.54, 1.807) is 20.8 Å². The summed E-state index contributed by atoms with van der Waals surface area (Å²) in [6.07, 6.45) is 0. The molecule has 0 aromatic carbocycles. The van der Waals surface area contributed by atoms with Crippen molar-refractivity contribution in [1.29, 1.82) is 0 Å². The van der Waals surface area contributed by atoms with Crippen molar-refractivity contribution in [3.63, 3.8) is 0 Å². The first kappa shape index (κ1) is 10.4. The molecular weight excluding hydrogens is 212 g/mol. The number of hydrogen-bond donors (Lipinski definition) is 1. The quantitative estimate of drug-likeness (QED) is 0.835. The van der Waals surface area contributed by atoms with Crippen LogP contribution in [0.15, 0.2) is 8.83 Å². The average molecular weight is 222 g/mol. The van der Waals surface area contributed by atoms with Gasteiger partial charge in [0.25, 0.3) is 5.89 Å². The first-order valence-corrected chi connectivity index (χ1v) is 4.64. The Hall–Kier alpha value is -2.11. The highest BCUT2D eigenvalue weighted by molar-refractivity contribution is 5.86. The van der Waals surface area contributed by atoms with E-state index in [0.717, 1.165) is 0 Å². The molecule has 0 aliphatic rings. The van der Waals surface area contributed by atoms with Crippen LogP contribution >= 0.6 is 0 Å². The summed E-state index contributed by atoms with van der Waals surface area (Å²) in [4.78, 5) is 18.7. The van der Waals surface area contributed by atoms with Gasteiger partial charge >= 0.3 is 5.97 Å². The maximum Gasteiger partial charge on any atom is 0.358 e. The van der Waals surface area contributed by atoms with E-state index < -0.39 is 5.97 Å². The van der Waals surface area contributed by atoms with Gasteiger partial charge in [0.1, 0.15) is 5.76 Å². The zero-order chi connectivity index (χ0) is 11.9. The average Bonchev–Trinajstić information content (AvgIpc) is 2.69. The van der Waals surface area contributed by atoms with Gasteiger partial charge in [0.05, 0.1) is 5.69 Å². The Bertz CT molecular complexity index is 553. The Balaban J connectivity index is 2.53. The molecule has 84 valence electrons.